The summed E-state index contributed by atoms with van der Waals surface area (Å²) in [6.45, 7) is 0. The predicted octanol–water partition coefficient (Wildman–Crippen LogP) is 4.44. The number of nitrogen functional groups attached to an aromatic ring is 1. The zero-order valence-electron chi connectivity index (χ0n) is 13.5. The summed E-state index contributed by atoms with van der Waals surface area (Å²) in [7, 11) is 0. The van der Waals surface area contributed by atoms with Gasteiger partial charge in [0.25, 0.3) is 0 Å². The van der Waals surface area contributed by atoms with Crippen LogP contribution in [0.25, 0.3) is 44.2 Å². The lowest BCUT2D eigenvalue weighted by Gasteiger charge is -2.01. The molecule has 5 aromatic heterocycles. The molecule has 0 amide bonds. The predicted molar refractivity (Wildman–Crippen MR) is 106 cm³/mol. The molecule has 5 heterocycles. The van der Waals surface area contributed by atoms with Crippen LogP contribution in [0.15, 0.2) is 59.3 Å². The SMILES string of the molecule is Nn1c(-c2ccc(-c3cccs3)[nH]2)nnc1-c1ccc(-c2cccs2)[nH]1. The molecule has 0 aliphatic heterocycles. The molecule has 4 N–H and O–H groups in total. The largest absolute Gasteiger partial charge is 0.351 e. The molecule has 26 heavy (non-hydrogen) atoms. The first kappa shape index (κ1) is 15.2. The molecular formula is C18H14N6S2. The van der Waals surface area contributed by atoms with Gasteiger partial charge in [-0.1, -0.05) is 12.1 Å². The van der Waals surface area contributed by atoms with E-state index in [0.717, 1.165) is 22.8 Å². The molecule has 0 aliphatic carbocycles. The number of nitrogens with two attached hydrogens (primary N) is 1. The molecule has 8 heteroatoms. The summed E-state index contributed by atoms with van der Waals surface area (Å²) in [5.41, 5.74) is 3.75. The molecule has 5 aromatic rings. The van der Waals surface area contributed by atoms with Gasteiger partial charge in [0.2, 0.25) is 0 Å². The number of nitrogens with zero attached hydrogens (tertiary/aromatic N) is 3. The summed E-state index contributed by atoms with van der Waals surface area (Å²) in [5.74, 6) is 7.47. The first-order valence-corrected chi connectivity index (χ1v) is 9.72. The molecular weight excluding hydrogens is 364 g/mol. The Morgan fingerprint density at radius 3 is 1.58 bits per heavy atom. The number of hydrogen-bond acceptors (Lipinski definition) is 5. The van der Waals surface area contributed by atoms with E-state index in [1.807, 2.05) is 36.4 Å². The summed E-state index contributed by atoms with van der Waals surface area (Å²) in [4.78, 5) is 9.07. The smallest absolute Gasteiger partial charge is 0.199 e. The molecule has 5 rings (SSSR count). The molecule has 6 nitrogen and oxygen atoms in total. The van der Waals surface area contributed by atoms with Crippen LogP contribution in [0.5, 0.6) is 0 Å². The summed E-state index contributed by atoms with van der Waals surface area (Å²) < 4.78 is 1.51. The van der Waals surface area contributed by atoms with Crippen LogP contribution in [0, 0.1) is 0 Å². The highest BCUT2D eigenvalue weighted by Crippen LogP contribution is 2.29. The minimum atomic E-state index is 0.593. The van der Waals surface area contributed by atoms with Crippen LogP contribution in [0.4, 0.5) is 0 Å². The fourth-order valence-corrected chi connectivity index (χ4v) is 4.27. The summed E-state index contributed by atoms with van der Waals surface area (Å²) >= 11 is 3.37. The Kier molecular flexibility index (Phi) is 3.51. The molecule has 0 bridgehead atoms. The minimum Gasteiger partial charge on any atom is -0.351 e. The van der Waals surface area contributed by atoms with Crippen molar-refractivity contribution in [3.05, 3.63) is 59.3 Å². The fraction of sp³-hybridized carbons (Fsp3) is 0. The molecule has 0 aliphatic rings. The summed E-state index contributed by atoms with van der Waals surface area (Å²) in [6, 6.07) is 16.2. The van der Waals surface area contributed by atoms with Gasteiger partial charge in [0.05, 0.1) is 32.5 Å². The van der Waals surface area contributed by atoms with Crippen LogP contribution in [-0.4, -0.2) is 24.8 Å². The number of aromatic amines is 2. The first-order valence-electron chi connectivity index (χ1n) is 7.96. The zero-order valence-corrected chi connectivity index (χ0v) is 15.1. The van der Waals surface area contributed by atoms with Gasteiger partial charge in [-0.05, 0) is 47.2 Å². The van der Waals surface area contributed by atoms with Crippen molar-refractivity contribution in [1.82, 2.24) is 24.8 Å². The van der Waals surface area contributed by atoms with Crippen LogP contribution >= 0.6 is 22.7 Å². The zero-order chi connectivity index (χ0) is 17.5. The lowest BCUT2D eigenvalue weighted by Crippen LogP contribution is -2.12. The van der Waals surface area contributed by atoms with E-state index in [9.17, 15) is 0 Å². The lowest BCUT2D eigenvalue weighted by molar-refractivity contribution is 1.00. The third-order valence-corrected chi connectivity index (χ3v) is 5.93. The number of thiophene rings is 2. The van der Waals surface area contributed by atoms with Crippen molar-refractivity contribution < 1.29 is 0 Å². The van der Waals surface area contributed by atoms with Crippen LogP contribution in [-0.2, 0) is 0 Å². The molecule has 0 aromatic carbocycles. The molecule has 0 spiro atoms. The van der Waals surface area contributed by atoms with Crippen molar-refractivity contribution in [1.29, 1.82) is 0 Å². The highest BCUT2D eigenvalue weighted by atomic mass is 32.1. The third-order valence-electron chi connectivity index (χ3n) is 4.12. The van der Waals surface area contributed by atoms with Gasteiger partial charge in [-0.15, -0.1) is 32.9 Å². The van der Waals surface area contributed by atoms with E-state index in [4.69, 9.17) is 5.84 Å². The quantitative estimate of drug-likeness (QED) is 0.404. The average Bonchev–Trinajstić information content (AvgIpc) is 3.44. The number of hydrogen-bond donors (Lipinski definition) is 3. The van der Waals surface area contributed by atoms with E-state index < -0.39 is 0 Å². The van der Waals surface area contributed by atoms with Gasteiger partial charge in [-0.25, -0.2) is 4.68 Å². The van der Waals surface area contributed by atoms with Gasteiger partial charge in [0.15, 0.2) is 11.6 Å². The van der Waals surface area contributed by atoms with Crippen LogP contribution < -0.4 is 5.84 Å². The Balaban J connectivity index is 1.49. The molecule has 0 fully saturated rings. The van der Waals surface area contributed by atoms with Gasteiger partial charge >= 0.3 is 0 Å². The highest BCUT2D eigenvalue weighted by Gasteiger charge is 2.17. The molecule has 128 valence electrons. The van der Waals surface area contributed by atoms with Crippen LogP contribution in [0.2, 0.25) is 0 Å². The van der Waals surface area contributed by atoms with Crippen molar-refractivity contribution in [3.63, 3.8) is 0 Å². The third kappa shape index (κ3) is 2.47. The van der Waals surface area contributed by atoms with Crippen LogP contribution in [0.1, 0.15) is 0 Å². The monoisotopic (exact) mass is 378 g/mol. The molecule has 0 radical (unpaired) electrons. The van der Waals surface area contributed by atoms with Crippen molar-refractivity contribution in [2.75, 3.05) is 5.84 Å². The Labute approximate surface area is 156 Å². The van der Waals surface area contributed by atoms with E-state index in [1.54, 1.807) is 22.7 Å². The van der Waals surface area contributed by atoms with Crippen molar-refractivity contribution in [3.8, 4) is 44.2 Å². The van der Waals surface area contributed by atoms with Crippen molar-refractivity contribution >= 4 is 22.7 Å². The number of aromatic nitrogens is 5. The minimum absolute atomic E-state index is 0.593. The Bertz CT molecular complexity index is 1050. The second-order valence-corrected chi connectivity index (χ2v) is 7.64. The van der Waals surface area contributed by atoms with E-state index in [0.29, 0.717) is 11.6 Å². The van der Waals surface area contributed by atoms with Gasteiger partial charge in [-0.3, -0.25) is 0 Å². The summed E-state index contributed by atoms with van der Waals surface area (Å²) in [5, 5.41) is 12.6. The first-order chi connectivity index (χ1) is 12.8. The maximum atomic E-state index is 6.28. The molecule has 0 atom stereocenters. The van der Waals surface area contributed by atoms with Gasteiger partial charge in [-0.2, -0.15) is 0 Å². The van der Waals surface area contributed by atoms with E-state index in [-0.39, 0.29) is 0 Å². The second-order valence-electron chi connectivity index (χ2n) is 5.74. The van der Waals surface area contributed by atoms with Crippen molar-refractivity contribution in [2.24, 2.45) is 0 Å². The van der Waals surface area contributed by atoms with Gasteiger partial charge in [0.1, 0.15) is 0 Å². The second kappa shape index (κ2) is 6.01. The Morgan fingerprint density at radius 2 is 1.15 bits per heavy atom. The van der Waals surface area contributed by atoms with Crippen LogP contribution in [0.3, 0.4) is 0 Å². The van der Waals surface area contributed by atoms with E-state index >= 15 is 0 Å². The standard InChI is InChI=1S/C18H14N6S2/c19-24-17(13-7-5-11(20-13)15-3-1-9-25-15)22-23-18(24)14-8-6-12(21-14)16-4-2-10-26-16/h1-10,20-21H,19H2. The maximum absolute atomic E-state index is 6.28. The van der Waals surface area contributed by atoms with E-state index in [1.165, 1.54) is 14.4 Å². The average molecular weight is 378 g/mol. The number of nitrogens with one attached hydrogen (secondary N) is 2. The van der Waals surface area contributed by atoms with Gasteiger partial charge in [0, 0.05) is 0 Å². The lowest BCUT2D eigenvalue weighted by atomic mass is 10.3. The maximum Gasteiger partial charge on any atom is 0.199 e. The van der Waals surface area contributed by atoms with E-state index in [2.05, 4.69) is 43.1 Å². The van der Waals surface area contributed by atoms with Crippen molar-refractivity contribution in [2.45, 2.75) is 0 Å². The van der Waals surface area contributed by atoms with Gasteiger partial charge < -0.3 is 15.8 Å². The topological polar surface area (TPSA) is 88.3 Å². The fourth-order valence-electron chi connectivity index (χ4n) is 2.86. The number of rotatable bonds is 4. The Hall–Kier alpha value is -3.10. The molecule has 0 unspecified atom stereocenters. The normalized spacial score (nSPS) is 11.2. The molecule has 0 saturated heterocycles. The summed E-state index contributed by atoms with van der Waals surface area (Å²) in [6.07, 6.45) is 0. The highest BCUT2D eigenvalue weighted by molar-refractivity contribution is 7.13. The Morgan fingerprint density at radius 1 is 0.692 bits per heavy atom. The number of H-pyrrole nitrogens is 2. The molecule has 0 saturated carbocycles.